The number of alkyl halides is 3. The number of halogens is 5. The van der Waals surface area contributed by atoms with Crippen LogP contribution in [0.15, 0.2) is 32.3 Å². The number of aromatic hydroxyl groups is 1. The van der Waals surface area contributed by atoms with Crippen LogP contribution < -0.4 is 11.2 Å². The van der Waals surface area contributed by atoms with Gasteiger partial charge in [0.25, 0.3) is 5.56 Å². The molecular formula is C11H5BrF4N2O3. The molecule has 0 unspecified atom stereocenters. The molecule has 10 heteroatoms. The summed E-state index contributed by atoms with van der Waals surface area (Å²) in [4.78, 5) is 24.1. The van der Waals surface area contributed by atoms with Gasteiger partial charge in [-0.3, -0.25) is 9.78 Å². The Hall–Kier alpha value is -2.10. The molecule has 2 N–H and O–H groups in total. The van der Waals surface area contributed by atoms with Gasteiger partial charge in [-0.25, -0.2) is 9.36 Å². The fourth-order valence-corrected chi connectivity index (χ4v) is 2.01. The molecule has 0 bridgehead atoms. The molecule has 0 spiro atoms. The highest BCUT2D eigenvalue weighted by atomic mass is 79.9. The van der Waals surface area contributed by atoms with E-state index in [1.807, 2.05) is 0 Å². The number of nitrogens with one attached hydrogen (secondary N) is 1. The monoisotopic (exact) mass is 368 g/mol. The van der Waals surface area contributed by atoms with Crippen molar-refractivity contribution in [2.24, 2.45) is 0 Å². The minimum Gasteiger partial charge on any atom is -0.492 e. The van der Waals surface area contributed by atoms with Gasteiger partial charge in [-0.05, 0) is 34.1 Å². The first-order chi connectivity index (χ1) is 9.62. The standard InChI is InChI=1S/C11H5BrF4N2O3/c12-5-2-1-4(11(14,15)16)3-6(5)18-9(20)7(13)8(19)17-10(18)21/h1-3,20H,(H,17,19,21). The predicted octanol–water partition coefficient (Wildman–Crippen LogP) is 2.15. The molecule has 0 aliphatic rings. The minimum absolute atomic E-state index is 0.0145. The van der Waals surface area contributed by atoms with Gasteiger partial charge in [0.05, 0.1) is 11.3 Å². The molecule has 5 nitrogen and oxygen atoms in total. The Balaban J connectivity index is 2.83. The van der Waals surface area contributed by atoms with Gasteiger partial charge >= 0.3 is 11.9 Å². The molecule has 0 aliphatic carbocycles. The number of aromatic nitrogens is 2. The Morgan fingerprint density at radius 1 is 1.24 bits per heavy atom. The number of aromatic amines is 1. The average molecular weight is 369 g/mol. The SMILES string of the molecule is O=c1[nH]c(=O)n(-c2cc(C(F)(F)F)ccc2Br)c(O)c1F. The number of hydrogen-bond acceptors (Lipinski definition) is 3. The summed E-state index contributed by atoms with van der Waals surface area (Å²) in [5.41, 5.74) is -4.34. The van der Waals surface area contributed by atoms with Crippen molar-refractivity contribution in [3.63, 3.8) is 0 Å². The van der Waals surface area contributed by atoms with E-state index < -0.39 is 40.4 Å². The number of hydrogen-bond donors (Lipinski definition) is 2. The van der Waals surface area contributed by atoms with Crippen LogP contribution in [0.5, 0.6) is 5.88 Å². The highest BCUT2D eigenvalue weighted by Gasteiger charge is 2.31. The van der Waals surface area contributed by atoms with Gasteiger partial charge in [0.15, 0.2) is 0 Å². The first-order valence-electron chi connectivity index (χ1n) is 5.24. The summed E-state index contributed by atoms with van der Waals surface area (Å²) in [6, 6.07) is 2.24. The topological polar surface area (TPSA) is 75.1 Å². The maximum absolute atomic E-state index is 13.3. The number of H-pyrrole nitrogens is 1. The van der Waals surface area contributed by atoms with Gasteiger partial charge < -0.3 is 5.11 Å². The van der Waals surface area contributed by atoms with Crippen LogP contribution in [-0.2, 0) is 6.18 Å². The van der Waals surface area contributed by atoms with Crippen molar-refractivity contribution in [3.05, 3.63) is 54.9 Å². The maximum Gasteiger partial charge on any atom is 0.416 e. The summed E-state index contributed by atoms with van der Waals surface area (Å²) in [6.45, 7) is 0. The second kappa shape index (κ2) is 5.02. The van der Waals surface area contributed by atoms with Crippen LogP contribution in [0, 0.1) is 5.82 Å². The molecule has 1 aromatic heterocycles. The number of benzene rings is 1. The van der Waals surface area contributed by atoms with E-state index in [1.165, 1.54) is 0 Å². The normalized spacial score (nSPS) is 11.7. The summed E-state index contributed by atoms with van der Waals surface area (Å²) in [5, 5.41) is 9.50. The van der Waals surface area contributed by atoms with Crippen LogP contribution in [0.2, 0.25) is 0 Å². The Morgan fingerprint density at radius 3 is 2.43 bits per heavy atom. The van der Waals surface area contributed by atoms with Crippen LogP contribution in [-0.4, -0.2) is 14.7 Å². The van der Waals surface area contributed by atoms with Gasteiger partial charge in [0.1, 0.15) is 0 Å². The van der Waals surface area contributed by atoms with Crippen LogP contribution in [0.25, 0.3) is 5.69 Å². The van der Waals surface area contributed by atoms with E-state index in [0.29, 0.717) is 6.07 Å². The Bertz CT molecular complexity index is 826. The summed E-state index contributed by atoms with van der Waals surface area (Å²) in [5.74, 6) is -3.07. The summed E-state index contributed by atoms with van der Waals surface area (Å²) in [7, 11) is 0. The van der Waals surface area contributed by atoms with Crippen molar-refractivity contribution in [2.45, 2.75) is 6.18 Å². The van der Waals surface area contributed by atoms with Gasteiger partial charge in [-0.15, -0.1) is 0 Å². The zero-order valence-electron chi connectivity index (χ0n) is 9.83. The highest BCUT2D eigenvalue weighted by molar-refractivity contribution is 9.10. The molecule has 0 saturated heterocycles. The lowest BCUT2D eigenvalue weighted by Gasteiger charge is -2.13. The molecular weight excluding hydrogens is 364 g/mol. The third-order valence-electron chi connectivity index (χ3n) is 2.55. The van der Waals surface area contributed by atoms with Crippen LogP contribution in [0.1, 0.15) is 5.56 Å². The van der Waals surface area contributed by atoms with Crippen molar-refractivity contribution in [3.8, 4) is 11.6 Å². The van der Waals surface area contributed by atoms with E-state index in [1.54, 1.807) is 4.98 Å². The lowest BCUT2D eigenvalue weighted by Crippen LogP contribution is -2.31. The van der Waals surface area contributed by atoms with E-state index in [4.69, 9.17) is 0 Å². The maximum atomic E-state index is 13.3. The zero-order chi connectivity index (χ0) is 15.9. The van der Waals surface area contributed by atoms with Crippen molar-refractivity contribution in [2.75, 3.05) is 0 Å². The van der Waals surface area contributed by atoms with Crippen molar-refractivity contribution < 1.29 is 22.7 Å². The third-order valence-corrected chi connectivity index (χ3v) is 3.22. The smallest absolute Gasteiger partial charge is 0.416 e. The summed E-state index contributed by atoms with van der Waals surface area (Å²) in [6.07, 6.45) is -4.70. The first-order valence-corrected chi connectivity index (χ1v) is 6.03. The molecule has 1 heterocycles. The molecule has 0 radical (unpaired) electrons. The quantitative estimate of drug-likeness (QED) is 0.757. The molecule has 21 heavy (non-hydrogen) atoms. The molecule has 2 rings (SSSR count). The minimum atomic E-state index is -4.70. The zero-order valence-corrected chi connectivity index (χ0v) is 11.4. The molecule has 0 atom stereocenters. The Kier molecular flexibility index (Phi) is 3.66. The number of rotatable bonds is 1. The van der Waals surface area contributed by atoms with Crippen molar-refractivity contribution in [1.82, 2.24) is 9.55 Å². The Morgan fingerprint density at radius 2 is 1.86 bits per heavy atom. The van der Waals surface area contributed by atoms with Gasteiger partial charge in [-0.2, -0.15) is 17.6 Å². The summed E-state index contributed by atoms with van der Waals surface area (Å²) >= 11 is 2.89. The lowest BCUT2D eigenvalue weighted by atomic mass is 10.2. The second-order valence-corrected chi connectivity index (χ2v) is 4.75. The molecule has 0 aliphatic heterocycles. The second-order valence-electron chi connectivity index (χ2n) is 3.90. The Labute approximate surface area is 121 Å². The average Bonchev–Trinajstić information content (AvgIpc) is 2.37. The van der Waals surface area contributed by atoms with Crippen LogP contribution in [0.3, 0.4) is 0 Å². The van der Waals surface area contributed by atoms with E-state index in [-0.39, 0.29) is 9.04 Å². The van der Waals surface area contributed by atoms with Gasteiger partial charge in [-0.1, -0.05) is 0 Å². The van der Waals surface area contributed by atoms with E-state index in [9.17, 15) is 32.3 Å². The molecule has 0 fully saturated rings. The molecule has 112 valence electrons. The third kappa shape index (κ3) is 2.71. The van der Waals surface area contributed by atoms with Crippen LogP contribution in [0.4, 0.5) is 17.6 Å². The molecule has 0 saturated carbocycles. The molecule has 2 aromatic rings. The lowest BCUT2D eigenvalue weighted by molar-refractivity contribution is -0.137. The van der Waals surface area contributed by atoms with Crippen LogP contribution >= 0.6 is 15.9 Å². The largest absolute Gasteiger partial charge is 0.492 e. The first kappa shape index (κ1) is 15.3. The highest BCUT2D eigenvalue weighted by Crippen LogP contribution is 2.33. The van der Waals surface area contributed by atoms with E-state index >= 15 is 0 Å². The summed E-state index contributed by atoms with van der Waals surface area (Å²) < 4.78 is 51.5. The molecule has 1 aromatic carbocycles. The fourth-order valence-electron chi connectivity index (χ4n) is 1.59. The van der Waals surface area contributed by atoms with E-state index in [2.05, 4.69) is 15.9 Å². The van der Waals surface area contributed by atoms with E-state index in [0.717, 1.165) is 12.1 Å². The predicted molar refractivity (Wildman–Crippen MR) is 67.0 cm³/mol. The van der Waals surface area contributed by atoms with Crippen molar-refractivity contribution >= 4 is 15.9 Å². The molecule has 0 amide bonds. The van der Waals surface area contributed by atoms with Gasteiger partial charge in [0.2, 0.25) is 11.7 Å². The van der Waals surface area contributed by atoms with Crippen molar-refractivity contribution in [1.29, 1.82) is 0 Å². The fraction of sp³-hybridized carbons (Fsp3) is 0.0909. The van der Waals surface area contributed by atoms with Gasteiger partial charge in [0, 0.05) is 4.47 Å². The number of nitrogens with zero attached hydrogens (tertiary/aromatic N) is 1.